The zero-order chi connectivity index (χ0) is 11.1. The van der Waals surface area contributed by atoms with Gasteiger partial charge in [0, 0.05) is 4.91 Å². The Morgan fingerprint density at radius 2 is 2.27 bits per heavy atom. The molecule has 1 aromatic carbocycles. The van der Waals surface area contributed by atoms with Crippen molar-refractivity contribution in [2.75, 3.05) is 13.2 Å². The van der Waals surface area contributed by atoms with Crippen molar-refractivity contribution in [2.45, 2.75) is 13.0 Å². The summed E-state index contributed by atoms with van der Waals surface area (Å²) in [4.78, 5) is 2.56. The van der Waals surface area contributed by atoms with Crippen LogP contribution >= 0.6 is 0 Å². The normalized spacial score (nSPS) is 11.6. The molecule has 0 saturated heterocycles. The first kappa shape index (κ1) is 11.4. The molecule has 0 amide bonds. The van der Waals surface area contributed by atoms with Crippen molar-refractivity contribution in [3.63, 3.8) is 0 Å². The van der Waals surface area contributed by atoms with E-state index in [0.29, 0.717) is 0 Å². The summed E-state index contributed by atoms with van der Waals surface area (Å²) in [6.45, 7) is 2.08. The number of benzene rings is 1. The SMILES string of the molecule is Cc1ccccc1OC[C@@H](O)CN=[N+]=[N-]. The number of azide groups is 1. The molecule has 0 aliphatic carbocycles. The molecule has 5 heteroatoms. The van der Waals surface area contributed by atoms with Crippen molar-refractivity contribution < 1.29 is 9.84 Å². The highest BCUT2D eigenvalue weighted by molar-refractivity contribution is 5.31. The number of ether oxygens (including phenoxy) is 1. The molecule has 0 spiro atoms. The van der Waals surface area contributed by atoms with Gasteiger partial charge < -0.3 is 9.84 Å². The smallest absolute Gasteiger partial charge is 0.122 e. The van der Waals surface area contributed by atoms with E-state index in [0.717, 1.165) is 11.3 Å². The standard InChI is InChI=1S/C10H13N3O2/c1-8-4-2-3-5-10(8)15-7-9(14)6-12-13-11/h2-5,9,14H,6-7H2,1H3/t9-/m0/s1. The number of rotatable bonds is 5. The van der Waals surface area contributed by atoms with Gasteiger partial charge in [-0.3, -0.25) is 0 Å². The van der Waals surface area contributed by atoms with Crippen LogP contribution < -0.4 is 4.74 Å². The third-order valence-corrected chi connectivity index (χ3v) is 1.88. The lowest BCUT2D eigenvalue weighted by Gasteiger charge is -2.11. The van der Waals surface area contributed by atoms with Gasteiger partial charge in [0.2, 0.25) is 0 Å². The molecule has 80 valence electrons. The Balaban J connectivity index is 2.43. The fourth-order valence-electron chi connectivity index (χ4n) is 1.09. The molecule has 0 aromatic heterocycles. The maximum atomic E-state index is 9.34. The first-order valence-corrected chi connectivity index (χ1v) is 4.61. The van der Waals surface area contributed by atoms with E-state index in [1.165, 1.54) is 0 Å². The van der Waals surface area contributed by atoms with Crippen LogP contribution in [0.3, 0.4) is 0 Å². The minimum atomic E-state index is -0.763. The Morgan fingerprint density at radius 3 is 2.93 bits per heavy atom. The van der Waals surface area contributed by atoms with Gasteiger partial charge >= 0.3 is 0 Å². The van der Waals surface area contributed by atoms with E-state index >= 15 is 0 Å². The van der Waals surface area contributed by atoms with Gasteiger partial charge in [0.05, 0.1) is 12.6 Å². The van der Waals surface area contributed by atoms with Gasteiger partial charge in [-0.05, 0) is 24.1 Å². The third kappa shape index (κ3) is 3.89. The Bertz CT molecular complexity index is 361. The second kappa shape index (κ2) is 5.90. The Morgan fingerprint density at radius 1 is 1.53 bits per heavy atom. The van der Waals surface area contributed by atoms with Crippen molar-refractivity contribution in [1.82, 2.24) is 0 Å². The van der Waals surface area contributed by atoms with Crippen molar-refractivity contribution in [1.29, 1.82) is 0 Å². The average molecular weight is 207 g/mol. The Hall–Kier alpha value is -1.71. The second-order valence-electron chi connectivity index (χ2n) is 3.14. The topological polar surface area (TPSA) is 78.2 Å². The molecule has 0 unspecified atom stereocenters. The molecule has 5 nitrogen and oxygen atoms in total. The number of hydrogen-bond acceptors (Lipinski definition) is 3. The zero-order valence-corrected chi connectivity index (χ0v) is 8.50. The fourth-order valence-corrected chi connectivity index (χ4v) is 1.09. The average Bonchev–Trinajstić information content (AvgIpc) is 2.25. The largest absolute Gasteiger partial charge is 0.491 e. The summed E-state index contributed by atoms with van der Waals surface area (Å²) < 4.78 is 5.36. The molecule has 15 heavy (non-hydrogen) atoms. The molecule has 0 saturated carbocycles. The first-order valence-electron chi connectivity index (χ1n) is 4.61. The Labute approximate surface area is 87.9 Å². The maximum Gasteiger partial charge on any atom is 0.122 e. The molecule has 1 N–H and O–H groups in total. The van der Waals surface area contributed by atoms with Crippen LogP contribution in [0.5, 0.6) is 5.75 Å². The highest BCUT2D eigenvalue weighted by Crippen LogP contribution is 2.16. The molecule has 0 aliphatic heterocycles. The minimum Gasteiger partial charge on any atom is -0.491 e. The molecule has 1 rings (SSSR count). The van der Waals surface area contributed by atoms with Crippen molar-refractivity contribution in [3.05, 3.63) is 40.3 Å². The van der Waals surface area contributed by atoms with E-state index in [1.54, 1.807) is 0 Å². The molecule has 0 radical (unpaired) electrons. The van der Waals surface area contributed by atoms with Gasteiger partial charge in [0.1, 0.15) is 12.4 Å². The number of nitrogens with zero attached hydrogens (tertiary/aromatic N) is 3. The van der Waals surface area contributed by atoms with E-state index in [2.05, 4.69) is 10.0 Å². The third-order valence-electron chi connectivity index (χ3n) is 1.88. The summed E-state index contributed by atoms with van der Waals surface area (Å²) in [6.07, 6.45) is -0.763. The highest BCUT2D eigenvalue weighted by Gasteiger charge is 2.04. The van der Waals surface area contributed by atoms with Gasteiger partial charge in [0.25, 0.3) is 0 Å². The monoisotopic (exact) mass is 207 g/mol. The number of para-hydroxylation sites is 1. The van der Waals surface area contributed by atoms with Crippen molar-refractivity contribution in [2.24, 2.45) is 5.11 Å². The molecule has 1 atom stereocenters. The van der Waals surface area contributed by atoms with Crippen LogP contribution in [0.1, 0.15) is 5.56 Å². The number of aliphatic hydroxyl groups is 1. The lowest BCUT2D eigenvalue weighted by molar-refractivity contribution is 0.114. The van der Waals surface area contributed by atoms with Crippen LogP contribution in [0.25, 0.3) is 10.4 Å². The molecular weight excluding hydrogens is 194 g/mol. The van der Waals surface area contributed by atoms with Crippen molar-refractivity contribution >= 4 is 0 Å². The van der Waals surface area contributed by atoms with Crippen LogP contribution in [0.15, 0.2) is 29.4 Å². The van der Waals surface area contributed by atoms with E-state index in [1.807, 2.05) is 31.2 Å². The lowest BCUT2D eigenvalue weighted by atomic mass is 10.2. The fraction of sp³-hybridized carbons (Fsp3) is 0.400. The van der Waals surface area contributed by atoms with Gasteiger partial charge in [-0.1, -0.05) is 23.3 Å². The van der Waals surface area contributed by atoms with Gasteiger partial charge in [-0.15, -0.1) is 0 Å². The summed E-state index contributed by atoms with van der Waals surface area (Å²) >= 11 is 0. The summed E-state index contributed by atoms with van der Waals surface area (Å²) in [6, 6.07) is 7.53. The molecular formula is C10H13N3O2. The predicted molar refractivity (Wildman–Crippen MR) is 56.7 cm³/mol. The highest BCUT2D eigenvalue weighted by atomic mass is 16.5. The van der Waals surface area contributed by atoms with E-state index in [-0.39, 0.29) is 13.2 Å². The summed E-state index contributed by atoms with van der Waals surface area (Å²) in [5.41, 5.74) is 9.06. The second-order valence-corrected chi connectivity index (χ2v) is 3.14. The first-order chi connectivity index (χ1) is 7.24. The number of aliphatic hydroxyl groups excluding tert-OH is 1. The summed E-state index contributed by atoms with van der Waals surface area (Å²) in [5.74, 6) is 0.734. The molecule has 0 aliphatic rings. The summed E-state index contributed by atoms with van der Waals surface area (Å²) in [7, 11) is 0. The zero-order valence-electron chi connectivity index (χ0n) is 8.50. The maximum absolute atomic E-state index is 9.34. The lowest BCUT2D eigenvalue weighted by Crippen LogP contribution is -2.20. The number of aryl methyl sites for hydroxylation is 1. The summed E-state index contributed by atoms with van der Waals surface area (Å²) in [5, 5.41) is 12.6. The number of hydrogen-bond donors (Lipinski definition) is 1. The van der Waals surface area contributed by atoms with Crippen LogP contribution in [0, 0.1) is 6.92 Å². The van der Waals surface area contributed by atoms with Crippen LogP contribution in [-0.4, -0.2) is 24.4 Å². The van der Waals surface area contributed by atoms with Crippen LogP contribution in [0.2, 0.25) is 0 Å². The van der Waals surface area contributed by atoms with Gasteiger partial charge in [-0.2, -0.15) is 0 Å². The quantitative estimate of drug-likeness (QED) is 0.455. The minimum absolute atomic E-state index is 0.0301. The van der Waals surface area contributed by atoms with E-state index < -0.39 is 6.10 Å². The molecule has 0 heterocycles. The predicted octanol–water partition coefficient (Wildman–Crippen LogP) is 2.05. The van der Waals surface area contributed by atoms with E-state index in [4.69, 9.17) is 10.3 Å². The molecule has 0 bridgehead atoms. The molecule has 0 fully saturated rings. The van der Waals surface area contributed by atoms with E-state index in [9.17, 15) is 5.11 Å². The van der Waals surface area contributed by atoms with Crippen molar-refractivity contribution in [3.8, 4) is 5.75 Å². The van der Waals surface area contributed by atoms with Gasteiger partial charge in [-0.25, -0.2) is 0 Å². The Kier molecular flexibility index (Phi) is 4.47. The van der Waals surface area contributed by atoms with Crippen LogP contribution in [-0.2, 0) is 0 Å². The van der Waals surface area contributed by atoms with Crippen LogP contribution in [0.4, 0.5) is 0 Å². The molecule has 1 aromatic rings. The van der Waals surface area contributed by atoms with Gasteiger partial charge in [0.15, 0.2) is 0 Å².